The van der Waals surface area contributed by atoms with Crippen molar-refractivity contribution in [3.63, 3.8) is 0 Å². The summed E-state index contributed by atoms with van der Waals surface area (Å²) in [5.74, 6) is 1.08. The fourth-order valence-corrected chi connectivity index (χ4v) is 2.48. The van der Waals surface area contributed by atoms with Gasteiger partial charge in [0.15, 0.2) is 0 Å². The van der Waals surface area contributed by atoms with E-state index in [0.717, 1.165) is 19.4 Å². The highest BCUT2D eigenvalue weighted by molar-refractivity contribution is 5.97. The maximum Gasteiger partial charge on any atom is 0.255 e. The molecule has 0 radical (unpaired) electrons. The Bertz CT molecular complexity index is 482. The van der Waals surface area contributed by atoms with E-state index < -0.39 is 0 Å². The second-order valence-corrected chi connectivity index (χ2v) is 5.03. The smallest absolute Gasteiger partial charge is 0.255 e. The third-order valence-corrected chi connectivity index (χ3v) is 3.73. The van der Waals surface area contributed by atoms with Crippen LogP contribution in [0.2, 0.25) is 0 Å². The third-order valence-electron chi connectivity index (χ3n) is 3.73. The Labute approximate surface area is 131 Å². The van der Waals surface area contributed by atoms with Crippen LogP contribution in [-0.2, 0) is 0 Å². The number of carbonyl (C=O) groups is 1. The predicted molar refractivity (Wildman–Crippen MR) is 84.7 cm³/mol. The number of halogens is 1. The zero-order chi connectivity index (χ0) is 14.5. The molecule has 5 nitrogen and oxygen atoms in total. The molecule has 118 valence electrons. The van der Waals surface area contributed by atoms with Gasteiger partial charge >= 0.3 is 0 Å². The topological polar surface area (TPSA) is 59.6 Å². The molecule has 1 aliphatic heterocycles. The summed E-state index contributed by atoms with van der Waals surface area (Å²) in [5, 5.41) is 6.44. The van der Waals surface area contributed by atoms with Crippen LogP contribution >= 0.6 is 12.4 Å². The van der Waals surface area contributed by atoms with Gasteiger partial charge in [0.25, 0.3) is 5.91 Å². The number of carbonyl (C=O) groups excluding carboxylic acids is 1. The number of benzene rings is 1. The van der Waals surface area contributed by atoms with Crippen LogP contribution < -0.4 is 20.1 Å². The molecule has 1 fully saturated rings. The Hall–Kier alpha value is -1.46. The first-order chi connectivity index (χ1) is 9.65. The molecule has 1 heterocycles. The number of hydrogen-bond donors (Lipinski definition) is 2. The second kappa shape index (κ2) is 8.10. The zero-order valence-corrected chi connectivity index (χ0v) is 13.5. The van der Waals surface area contributed by atoms with Crippen LogP contribution in [-0.4, -0.2) is 38.8 Å². The molecule has 2 N–H and O–H groups in total. The predicted octanol–water partition coefficient (Wildman–Crippen LogP) is 2.00. The van der Waals surface area contributed by atoms with Gasteiger partial charge in [0.2, 0.25) is 0 Å². The normalized spacial score (nSPS) is 21.1. The number of nitrogens with one attached hydrogen (secondary N) is 2. The van der Waals surface area contributed by atoms with Crippen LogP contribution in [0.1, 0.15) is 30.1 Å². The number of hydrogen-bond acceptors (Lipinski definition) is 4. The van der Waals surface area contributed by atoms with E-state index >= 15 is 0 Å². The van der Waals surface area contributed by atoms with Gasteiger partial charge in [-0.15, -0.1) is 12.4 Å². The van der Waals surface area contributed by atoms with Crippen molar-refractivity contribution in [1.82, 2.24) is 10.6 Å². The molecule has 0 spiro atoms. The van der Waals surface area contributed by atoms with Gasteiger partial charge in [-0.1, -0.05) is 0 Å². The SMILES string of the molecule is COc1ccc(OC)c(C(=O)NC2CCCNC2C)c1.Cl. The molecule has 1 aliphatic rings. The fourth-order valence-electron chi connectivity index (χ4n) is 2.48. The van der Waals surface area contributed by atoms with Crippen molar-refractivity contribution in [2.24, 2.45) is 0 Å². The van der Waals surface area contributed by atoms with Crippen LogP contribution in [0.15, 0.2) is 18.2 Å². The maximum atomic E-state index is 12.4. The molecule has 2 atom stereocenters. The van der Waals surface area contributed by atoms with Crippen LogP contribution in [0.3, 0.4) is 0 Å². The minimum atomic E-state index is -0.124. The summed E-state index contributed by atoms with van der Waals surface area (Å²) in [6.07, 6.45) is 2.07. The summed E-state index contributed by atoms with van der Waals surface area (Å²) in [5.41, 5.74) is 0.504. The van der Waals surface area contributed by atoms with Gasteiger partial charge in [-0.2, -0.15) is 0 Å². The summed E-state index contributed by atoms with van der Waals surface area (Å²) in [4.78, 5) is 12.4. The second-order valence-electron chi connectivity index (χ2n) is 5.03. The summed E-state index contributed by atoms with van der Waals surface area (Å²) >= 11 is 0. The van der Waals surface area contributed by atoms with Crippen LogP contribution in [0.5, 0.6) is 11.5 Å². The lowest BCUT2D eigenvalue weighted by atomic mass is 9.99. The number of piperidine rings is 1. The molecule has 2 rings (SSSR count). The molecule has 1 aromatic carbocycles. The molecule has 0 aromatic heterocycles. The summed E-state index contributed by atoms with van der Waals surface area (Å²) in [6.45, 7) is 3.10. The van der Waals surface area contributed by atoms with Crippen molar-refractivity contribution in [3.05, 3.63) is 23.8 Å². The first kappa shape index (κ1) is 17.6. The Kier molecular flexibility index (Phi) is 6.78. The Morgan fingerprint density at radius 3 is 2.71 bits per heavy atom. The molecule has 6 heteroatoms. The molecule has 21 heavy (non-hydrogen) atoms. The number of amides is 1. The van der Waals surface area contributed by atoms with E-state index in [1.165, 1.54) is 0 Å². The fraction of sp³-hybridized carbons (Fsp3) is 0.533. The van der Waals surface area contributed by atoms with Crippen molar-refractivity contribution < 1.29 is 14.3 Å². The van der Waals surface area contributed by atoms with E-state index in [1.807, 2.05) is 0 Å². The monoisotopic (exact) mass is 314 g/mol. The van der Waals surface area contributed by atoms with Crippen molar-refractivity contribution in [3.8, 4) is 11.5 Å². The summed E-state index contributed by atoms with van der Waals surface area (Å²) in [6, 6.07) is 5.66. The largest absolute Gasteiger partial charge is 0.497 e. The maximum absolute atomic E-state index is 12.4. The lowest BCUT2D eigenvalue weighted by Crippen LogP contribution is -2.51. The minimum Gasteiger partial charge on any atom is -0.497 e. The molecule has 1 saturated heterocycles. The highest BCUT2D eigenvalue weighted by Gasteiger charge is 2.24. The van der Waals surface area contributed by atoms with E-state index in [2.05, 4.69) is 17.6 Å². The van der Waals surface area contributed by atoms with Gasteiger partial charge in [-0.05, 0) is 44.5 Å². The number of methoxy groups -OCH3 is 2. The van der Waals surface area contributed by atoms with Crippen molar-refractivity contribution in [2.75, 3.05) is 20.8 Å². The van der Waals surface area contributed by atoms with Crippen LogP contribution in [0.25, 0.3) is 0 Å². The molecule has 0 saturated carbocycles. The number of rotatable bonds is 4. The van der Waals surface area contributed by atoms with Crippen molar-refractivity contribution in [2.45, 2.75) is 31.8 Å². The molecule has 0 aliphatic carbocycles. The molecule has 2 unspecified atom stereocenters. The molecular formula is C15H23ClN2O3. The van der Waals surface area contributed by atoms with E-state index in [4.69, 9.17) is 9.47 Å². The molecular weight excluding hydrogens is 292 g/mol. The van der Waals surface area contributed by atoms with Gasteiger partial charge < -0.3 is 20.1 Å². The first-order valence-electron chi connectivity index (χ1n) is 6.92. The van der Waals surface area contributed by atoms with E-state index in [1.54, 1.807) is 32.4 Å². The van der Waals surface area contributed by atoms with Gasteiger partial charge in [0.05, 0.1) is 19.8 Å². The first-order valence-corrected chi connectivity index (χ1v) is 6.92. The van der Waals surface area contributed by atoms with Gasteiger partial charge in [-0.25, -0.2) is 0 Å². The Balaban J connectivity index is 0.00000220. The van der Waals surface area contributed by atoms with E-state index in [0.29, 0.717) is 17.1 Å². The van der Waals surface area contributed by atoms with Gasteiger partial charge in [-0.3, -0.25) is 4.79 Å². The number of ether oxygens (including phenoxy) is 2. The van der Waals surface area contributed by atoms with Gasteiger partial charge in [0.1, 0.15) is 11.5 Å². The minimum absolute atomic E-state index is 0. The van der Waals surface area contributed by atoms with Crippen molar-refractivity contribution >= 4 is 18.3 Å². The average molecular weight is 315 g/mol. The molecule has 1 amide bonds. The average Bonchev–Trinajstić information content (AvgIpc) is 2.48. The van der Waals surface area contributed by atoms with Gasteiger partial charge in [0, 0.05) is 12.1 Å². The lowest BCUT2D eigenvalue weighted by Gasteiger charge is -2.30. The zero-order valence-electron chi connectivity index (χ0n) is 12.6. The highest BCUT2D eigenvalue weighted by Crippen LogP contribution is 2.24. The standard InChI is InChI=1S/C15H22N2O3.ClH/c1-10-13(5-4-8-16-10)17-15(18)12-9-11(19-2)6-7-14(12)20-3;/h6-7,9-10,13,16H,4-5,8H2,1-3H3,(H,17,18);1H. The van der Waals surface area contributed by atoms with E-state index in [-0.39, 0.29) is 30.4 Å². The van der Waals surface area contributed by atoms with Crippen LogP contribution in [0, 0.1) is 0 Å². The third kappa shape index (κ3) is 4.25. The Morgan fingerprint density at radius 2 is 2.10 bits per heavy atom. The summed E-state index contributed by atoms with van der Waals surface area (Å²) in [7, 11) is 3.14. The summed E-state index contributed by atoms with van der Waals surface area (Å²) < 4.78 is 10.4. The lowest BCUT2D eigenvalue weighted by molar-refractivity contribution is 0.0916. The highest BCUT2D eigenvalue weighted by atomic mass is 35.5. The van der Waals surface area contributed by atoms with Crippen molar-refractivity contribution in [1.29, 1.82) is 0 Å². The molecule has 1 aromatic rings. The van der Waals surface area contributed by atoms with Crippen LogP contribution in [0.4, 0.5) is 0 Å². The van der Waals surface area contributed by atoms with E-state index in [9.17, 15) is 4.79 Å². The quantitative estimate of drug-likeness (QED) is 0.892. The Morgan fingerprint density at radius 1 is 1.33 bits per heavy atom. The molecule has 0 bridgehead atoms.